The lowest BCUT2D eigenvalue weighted by Crippen LogP contribution is -2.30. The summed E-state index contributed by atoms with van der Waals surface area (Å²) in [5.41, 5.74) is 3.19. The van der Waals surface area contributed by atoms with Crippen molar-refractivity contribution in [3.05, 3.63) is 89.7 Å². The maximum Gasteiger partial charge on any atom is 0.251 e. The Labute approximate surface area is 266 Å². The van der Waals surface area contributed by atoms with Crippen LogP contribution < -0.4 is 15.0 Å². The van der Waals surface area contributed by atoms with Crippen molar-refractivity contribution in [3.63, 3.8) is 0 Å². The number of nitrogens with zero attached hydrogens (tertiary/aromatic N) is 5. The Morgan fingerprint density at radius 2 is 1.67 bits per heavy atom. The quantitative estimate of drug-likeness (QED) is 0.242. The molecule has 1 saturated heterocycles. The highest BCUT2D eigenvalue weighted by Crippen LogP contribution is 2.30. The number of amides is 2. The SMILES string of the molecule is CCOc1ccc(-n2c(CNC(=O)c3ccc(S(=O)(=O)N4CCCC4)cc3)nnc2SCC(=O)N2CCc3ccccc32)cc1. The van der Waals surface area contributed by atoms with Gasteiger partial charge in [0.2, 0.25) is 15.9 Å². The molecule has 3 heterocycles. The van der Waals surface area contributed by atoms with Gasteiger partial charge in [-0.05, 0) is 86.3 Å². The maximum absolute atomic E-state index is 13.2. The zero-order valence-electron chi connectivity index (χ0n) is 24.9. The van der Waals surface area contributed by atoms with Gasteiger partial charge in [0.25, 0.3) is 5.91 Å². The average Bonchev–Trinajstić information content (AvgIpc) is 3.84. The van der Waals surface area contributed by atoms with Gasteiger partial charge < -0.3 is 15.0 Å². The first-order valence-corrected chi connectivity index (χ1v) is 17.3. The van der Waals surface area contributed by atoms with Crippen LogP contribution in [-0.2, 0) is 27.8 Å². The largest absolute Gasteiger partial charge is 0.494 e. The van der Waals surface area contributed by atoms with Crippen LogP contribution in [0.3, 0.4) is 0 Å². The van der Waals surface area contributed by atoms with Gasteiger partial charge in [-0.3, -0.25) is 14.2 Å². The lowest BCUT2D eigenvalue weighted by molar-refractivity contribution is -0.116. The molecule has 0 saturated carbocycles. The molecule has 13 heteroatoms. The van der Waals surface area contributed by atoms with Gasteiger partial charge in [-0.15, -0.1) is 10.2 Å². The Morgan fingerprint density at radius 1 is 0.933 bits per heavy atom. The number of hydrogen-bond donors (Lipinski definition) is 1. The maximum atomic E-state index is 13.2. The molecule has 0 aliphatic carbocycles. The van der Waals surface area contributed by atoms with E-state index in [1.807, 2.05) is 64.9 Å². The van der Waals surface area contributed by atoms with Gasteiger partial charge in [0.05, 0.1) is 23.8 Å². The smallest absolute Gasteiger partial charge is 0.251 e. The van der Waals surface area contributed by atoms with Crippen LogP contribution in [0, 0.1) is 0 Å². The molecule has 11 nitrogen and oxygen atoms in total. The fourth-order valence-corrected chi connectivity index (χ4v) is 7.91. The van der Waals surface area contributed by atoms with Crippen molar-refractivity contribution in [2.45, 2.75) is 42.8 Å². The zero-order chi connectivity index (χ0) is 31.4. The summed E-state index contributed by atoms with van der Waals surface area (Å²) in [4.78, 5) is 28.3. The minimum absolute atomic E-state index is 0.0174. The van der Waals surface area contributed by atoms with Crippen LogP contribution in [0.25, 0.3) is 5.69 Å². The summed E-state index contributed by atoms with van der Waals surface area (Å²) in [6.45, 7) is 4.18. The molecule has 1 N–H and O–H groups in total. The summed E-state index contributed by atoms with van der Waals surface area (Å²) in [5.74, 6) is 0.969. The van der Waals surface area contributed by atoms with E-state index in [9.17, 15) is 18.0 Å². The van der Waals surface area contributed by atoms with E-state index >= 15 is 0 Å². The van der Waals surface area contributed by atoms with Crippen LogP contribution in [0.2, 0.25) is 0 Å². The summed E-state index contributed by atoms with van der Waals surface area (Å²) >= 11 is 1.28. The number of fused-ring (bicyclic) bond motifs is 1. The van der Waals surface area contributed by atoms with E-state index in [4.69, 9.17) is 4.74 Å². The van der Waals surface area contributed by atoms with E-state index in [0.717, 1.165) is 42.0 Å². The van der Waals surface area contributed by atoms with Crippen molar-refractivity contribution >= 4 is 39.3 Å². The molecule has 2 aliphatic rings. The average molecular weight is 647 g/mol. The normalized spacial score (nSPS) is 14.8. The molecule has 45 heavy (non-hydrogen) atoms. The van der Waals surface area contributed by atoms with Crippen molar-refractivity contribution in [1.82, 2.24) is 24.4 Å². The molecule has 3 aromatic carbocycles. The summed E-state index contributed by atoms with van der Waals surface area (Å²) in [5, 5.41) is 12.1. The Bertz CT molecular complexity index is 1790. The van der Waals surface area contributed by atoms with Crippen LogP contribution in [0.15, 0.2) is 82.8 Å². The Morgan fingerprint density at radius 3 is 2.40 bits per heavy atom. The van der Waals surface area contributed by atoms with Crippen molar-refractivity contribution in [2.24, 2.45) is 0 Å². The molecular weight excluding hydrogens is 613 g/mol. The fourth-order valence-electron chi connectivity index (χ4n) is 5.54. The third kappa shape index (κ3) is 6.60. The molecule has 2 aliphatic heterocycles. The summed E-state index contributed by atoms with van der Waals surface area (Å²) in [6, 6.07) is 21.3. The van der Waals surface area contributed by atoms with E-state index in [1.165, 1.54) is 40.3 Å². The van der Waals surface area contributed by atoms with Gasteiger partial charge in [0.1, 0.15) is 5.75 Å². The third-order valence-corrected chi connectivity index (χ3v) is 10.7. The molecule has 0 radical (unpaired) electrons. The number of aromatic nitrogens is 3. The standard InChI is InChI=1S/C32H34N6O5S2/c1-2-43-26-13-11-25(12-14-26)38-29(34-35-32(38)44-22-30(39)37-20-17-23-7-3-4-8-28(23)37)21-33-31(40)24-9-15-27(16-10-24)45(41,42)36-18-5-6-19-36/h3-4,7-16H,2,5-6,17-22H2,1H3,(H,33,40). The predicted octanol–water partition coefficient (Wildman–Crippen LogP) is 4.06. The second-order valence-corrected chi connectivity index (χ2v) is 13.6. The number of rotatable bonds is 11. The molecule has 6 rings (SSSR count). The van der Waals surface area contributed by atoms with Crippen molar-refractivity contribution in [1.29, 1.82) is 0 Å². The Balaban J connectivity index is 1.17. The number of nitrogens with one attached hydrogen (secondary N) is 1. The molecule has 0 bridgehead atoms. The number of ether oxygens (including phenoxy) is 1. The number of carbonyl (C=O) groups is 2. The molecule has 2 amide bonds. The zero-order valence-corrected chi connectivity index (χ0v) is 26.5. The van der Waals surface area contributed by atoms with Gasteiger partial charge in [0.15, 0.2) is 11.0 Å². The van der Waals surface area contributed by atoms with Gasteiger partial charge in [-0.25, -0.2) is 8.42 Å². The molecule has 4 aromatic rings. The number of carbonyl (C=O) groups excluding carboxylic acids is 2. The summed E-state index contributed by atoms with van der Waals surface area (Å²) in [7, 11) is -3.57. The fraction of sp³-hybridized carbons (Fsp3) is 0.312. The highest BCUT2D eigenvalue weighted by atomic mass is 32.2. The summed E-state index contributed by atoms with van der Waals surface area (Å²) in [6.07, 6.45) is 2.53. The lowest BCUT2D eigenvalue weighted by atomic mass is 10.2. The van der Waals surface area contributed by atoms with Gasteiger partial charge >= 0.3 is 0 Å². The van der Waals surface area contributed by atoms with Crippen LogP contribution in [0.1, 0.15) is 41.5 Å². The van der Waals surface area contributed by atoms with E-state index < -0.39 is 10.0 Å². The molecule has 234 valence electrons. The van der Waals surface area contributed by atoms with Crippen molar-refractivity contribution in [2.75, 3.05) is 36.9 Å². The van der Waals surface area contributed by atoms with Crippen LogP contribution in [0.5, 0.6) is 5.75 Å². The molecular formula is C32H34N6O5S2. The van der Waals surface area contributed by atoms with E-state index in [-0.39, 0.29) is 29.0 Å². The number of thioether (sulfide) groups is 1. The summed E-state index contributed by atoms with van der Waals surface area (Å²) < 4.78 is 34.6. The van der Waals surface area contributed by atoms with Gasteiger partial charge in [0, 0.05) is 36.6 Å². The van der Waals surface area contributed by atoms with Crippen LogP contribution >= 0.6 is 11.8 Å². The van der Waals surface area contributed by atoms with E-state index in [1.54, 1.807) is 0 Å². The van der Waals surface area contributed by atoms with Gasteiger partial charge in [-0.1, -0.05) is 30.0 Å². The monoisotopic (exact) mass is 646 g/mol. The number of hydrogen-bond acceptors (Lipinski definition) is 8. The second kappa shape index (κ2) is 13.4. The van der Waals surface area contributed by atoms with Gasteiger partial charge in [-0.2, -0.15) is 4.31 Å². The van der Waals surface area contributed by atoms with Crippen molar-refractivity contribution < 1.29 is 22.7 Å². The first-order valence-electron chi connectivity index (χ1n) is 14.9. The topological polar surface area (TPSA) is 127 Å². The molecule has 1 fully saturated rings. The highest BCUT2D eigenvalue weighted by molar-refractivity contribution is 7.99. The molecule has 0 atom stereocenters. The lowest BCUT2D eigenvalue weighted by Gasteiger charge is -2.17. The Hall–Kier alpha value is -4.20. The number of para-hydroxylation sites is 1. The number of sulfonamides is 1. The molecule has 0 spiro atoms. The second-order valence-electron chi connectivity index (χ2n) is 10.7. The minimum Gasteiger partial charge on any atom is -0.494 e. The highest BCUT2D eigenvalue weighted by Gasteiger charge is 2.28. The van der Waals surface area contributed by atoms with Crippen LogP contribution in [0.4, 0.5) is 5.69 Å². The first kappa shape index (κ1) is 30.8. The minimum atomic E-state index is -3.57. The first-order chi connectivity index (χ1) is 21.8. The van der Waals surface area contributed by atoms with Crippen molar-refractivity contribution in [3.8, 4) is 11.4 Å². The molecule has 0 unspecified atom stereocenters. The van der Waals surface area contributed by atoms with E-state index in [2.05, 4.69) is 15.5 Å². The van der Waals surface area contributed by atoms with Crippen LogP contribution in [-0.4, -0.2) is 71.3 Å². The Kier molecular flexibility index (Phi) is 9.19. The number of anilines is 1. The predicted molar refractivity (Wildman–Crippen MR) is 171 cm³/mol. The number of benzene rings is 3. The third-order valence-electron chi connectivity index (χ3n) is 7.85. The molecule has 1 aromatic heterocycles. The van der Waals surface area contributed by atoms with E-state index in [0.29, 0.717) is 42.8 Å².